The fourth-order valence-corrected chi connectivity index (χ4v) is 2.47. The van der Waals surface area contributed by atoms with E-state index in [9.17, 15) is 9.59 Å². The predicted molar refractivity (Wildman–Crippen MR) is 107 cm³/mol. The van der Waals surface area contributed by atoms with Crippen molar-refractivity contribution in [3.8, 4) is 0 Å². The first kappa shape index (κ1) is 23.5. The highest BCUT2D eigenvalue weighted by molar-refractivity contribution is 5.89. The fourth-order valence-electron chi connectivity index (χ4n) is 2.47. The van der Waals surface area contributed by atoms with Gasteiger partial charge in [0.1, 0.15) is 39.0 Å². The third-order valence-electron chi connectivity index (χ3n) is 3.99. The van der Waals surface area contributed by atoms with Crippen molar-refractivity contribution in [3.63, 3.8) is 0 Å². The van der Waals surface area contributed by atoms with Crippen LogP contribution in [0.25, 0.3) is 0 Å². The molecule has 8 heteroatoms. The average Bonchev–Trinajstić information content (AvgIpc) is 2.80. The van der Waals surface area contributed by atoms with Gasteiger partial charge in [-0.3, -0.25) is 0 Å². The molecule has 0 spiro atoms. The molecule has 0 aliphatic rings. The second-order valence-electron chi connectivity index (χ2n) is 6.15. The number of carbonyl (C=O) groups excluding carboxylic acids is 2. The Morgan fingerprint density at radius 3 is 1.37 bits per heavy atom. The van der Waals surface area contributed by atoms with Crippen LogP contribution in [0.4, 0.5) is 0 Å². The molecule has 8 nitrogen and oxygen atoms in total. The summed E-state index contributed by atoms with van der Waals surface area (Å²) in [6.45, 7) is -0.386. The van der Waals surface area contributed by atoms with Crippen LogP contribution < -0.4 is 0 Å². The van der Waals surface area contributed by atoms with Crippen molar-refractivity contribution in [1.82, 2.24) is 0 Å². The van der Waals surface area contributed by atoms with Crippen molar-refractivity contribution in [2.45, 2.75) is 12.2 Å². The lowest BCUT2D eigenvalue weighted by Gasteiger charge is -2.26. The van der Waals surface area contributed by atoms with Crippen molar-refractivity contribution < 1.29 is 38.0 Å². The molecule has 30 heavy (non-hydrogen) atoms. The van der Waals surface area contributed by atoms with Crippen LogP contribution >= 0.6 is 0 Å². The third kappa shape index (κ3) is 7.92. The van der Waals surface area contributed by atoms with E-state index < -0.39 is 24.1 Å². The van der Waals surface area contributed by atoms with Crippen LogP contribution in [0.15, 0.2) is 60.7 Å². The van der Waals surface area contributed by atoms with Crippen LogP contribution in [-0.2, 0) is 28.4 Å². The minimum atomic E-state index is -0.753. The van der Waals surface area contributed by atoms with Gasteiger partial charge in [-0.2, -0.15) is 0 Å². The largest absolute Gasteiger partial charge is 0.459 e. The van der Waals surface area contributed by atoms with E-state index in [1.54, 1.807) is 60.7 Å². The molecule has 2 aromatic rings. The molecule has 0 aromatic heterocycles. The van der Waals surface area contributed by atoms with E-state index in [4.69, 9.17) is 28.4 Å². The lowest BCUT2D eigenvalue weighted by Crippen LogP contribution is -2.41. The smallest absolute Gasteiger partial charge is 0.338 e. The topological polar surface area (TPSA) is 89.5 Å². The molecule has 162 valence electrons. The number of hydrogen-bond acceptors (Lipinski definition) is 8. The van der Waals surface area contributed by atoms with Crippen molar-refractivity contribution >= 4 is 11.9 Å². The highest BCUT2D eigenvalue weighted by atomic mass is 16.7. The van der Waals surface area contributed by atoms with E-state index in [1.807, 2.05) is 0 Å². The molecule has 2 rings (SSSR count). The number of benzene rings is 2. The Labute approximate surface area is 175 Å². The molecule has 0 amide bonds. The zero-order chi connectivity index (χ0) is 21.6. The van der Waals surface area contributed by atoms with E-state index in [1.165, 1.54) is 14.2 Å². The van der Waals surface area contributed by atoms with Gasteiger partial charge in [-0.05, 0) is 24.3 Å². The van der Waals surface area contributed by atoms with Gasteiger partial charge in [0.15, 0.2) is 0 Å². The van der Waals surface area contributed by atoms with E-state index >= 15 is 0 Å². The summed E-state index contributed by atoms with van der Waals surface area (Å²) >= 11 is 0. The molecule has 0 bridgehead atoms. The summed E-state index contributed by atoms with van der Waals surface area (Å²) in [5.41, 5.74) is 0.820. The highest BCUT2D eigenvalue weighted by Gasteiger charge is 2.27. The average molecular weight is 418 g/mol. The van der Waals surface area contributed by atoms with Gasteiger partial charge in [-0.15, -0.1) is 0 Å². The maximum absolute atomic E-state index is 12.3. The Morgan fingerprint density at radius 2 is 1.03 bits per heavy atom. The van der Waals surface area contributed by atoms with Crippen LogP contribution in [0, 0.1) is 0 Å². The lowest BCUT2D eigenvalue weighted by molar-refractivity contribution is -0.177. The summed E-state index contributed by atoms with van der Waals surface area (Å²) < 4.78 is 31.8. The van der Waals surface area contributed by atoms with Gasteiger partial charge in [0.05, 0.1) is 11.1 Å². The maximum atomic E-state index is 12.3. The lowest BCUT2D eigenvalue weighted by atomic mass is 10.2. The second kappa shape index (κ2) is 13.4. The molecular formula is C22H26O8. The fraction of sp³-hybridized carbons (Fsp3) is 0.364. The highest BCUT2D eigenvalue weighted by Crippen LogP contribution is 2.11. The molecule has 0 saturated heterocycles. The number of esters is 2. The van der Waals surface area contributed by atoms with Gasteiger partial charge in [0, 0.05) is 14.2 Å². The zero-order valence-corrected chi connectivity index (χ0v) is 17.0. The molecule has 0 aliphatic heterocycles. The summed E-state index contributed by atoms with van der Waals surface area (Å²) in [4.78, 5) is 24.5. The van der Waals surface area contributed by atoms with Gasteiger partial charge < -0.3 is 28.4 Å². The first-order valence-electron chi connectivity index (χ1n) is 9.31. The quantitative estimate of drug-likeness (QED) is 0.362. The van der Waals surface area contributed by atoms with E-state index in [-0.39, 0.29) is 26.8 Å². The molecule has 2 aromatic carbocycles. The second-order valence-corrected chi connectivity index (χ2v) is 6.15. The van der Waals surface area contributed by atoms with Crippen LogP contribution in [0.3, 0.4) is 0 Å². The predicted octanol–water partition coefficient (Wildman–Crippen LogP) is 2.68. The first-order chi connectivity index (χ1) is 14.7. The van der Waals surface area contributed by atoms with Crippen LogP contribution in [0.2, 0.25) is 0 Å². The molecule has 0 unspecified atom stereocenters. The van der Waals surface area contributed by atoms with E-state index in [0.29, 0.717) is 11.1 Å². The number of hydrogen-bond donors (Lipinski definition) is 0. The summed E-state index contributed by atoms with van der Waals surface area (Å²) in [6.07, 6.45) is -1.51. The van der Waals surface area contributed by atoms with Crippen molar-refractivity contribution in [2.24, 2.45) is 0 Å². The van der Waals surface area contributed by atoms with Crippen molar-refractivity contribution in [3.05, 3.63) is 71.8 Å². The number of ether oxygens (including phenoxy) is 6. The number of methoxy groups -OCH3 is 2. The van der Waals surface area contributed by atoms with Gasteiger partial charge in [0.25, 0.3) is 0 Å². The SMILES string of the molecule is COCO[C@@H](COC(=O)c1ccccc1)[C@@H](COC(=O)c1ccccc1)OCOC. The molecule has 0 fully saturated rings. The van der Waals surface area contributed by atoms with Crippen molar-refractivity contribution in [2.75, 3.05) is 41.0 Å². The molecule has 2 atom stereocenters. The molecule has 0 aliphatic carbocycles. The Kier molecular flexibility index (Phi) is 10.5. The van der Waals surface area contributed by atoms with Crippen molar-refractivity contribution in [1.29, 1.82) is 0 Å². The van der Waals surface area contributed by atoms with Gasteiger partial charge in [-0.1, -0.05) is 36.4 Å². The monoisotopic (exact) mass is 418 g/mol. The molecule has 0 saturated carbocycles. The number of carbonyl (C=O) groups is 2. The first-order valence-corrected chi connectivity index (χ1v) is 9.31. The Hall–Kier alpha value is -2.78. The summed E-state index contributed by atoms with van der Waals surface area (Å²) in [5, 5.41) is 0. The van der Waals surface area contributed by atoms with E-state index in [0.717, 1.165) is 0 Å². The molecule has 0 radical (unpaired) electrons. The molecule has 0 N–H and O–H groups in total. The summed E-state index contributed by atoms with van der Waals surface area (Å²) in [5.74, 6) is -1.01. The summed E-state index contributed by atoms with van der Waals surface area (Å²) in [6, 6.07) is 17.1. The van der Waals surface area contributed by atoms with Crippen LogP contribution in [0.5, 0.6) is 0 Å². The normalized spacial score (nSPS) is 12.7. The Bertz CT molecular complexity index is 685. The minimum Gasteiger partial charge on any atom is -0.459 e. The molecular weight excluding hydrogens is 392 g/mol. The van der Waals surface area contributed by atoms with Gasteiger partial charge in [-0.25, -0.2) is 9.59 Å². The third-order valence-corrected chi connectivity index (χ3v) is 3.99. The van der Waals surface area contributed by atoms with E-state index in [2.05, 4.69) is 0 Å². The maximum Gasteiger partial charge on any atom is 0.338 e. The van der Waals surface area contributed by atoms with Crippen LogP contribution in [-0.4, -0.2) is 65.2 Å². The zero-order valence-electron chi connectivity index (χ0n) is 17.0. The van der Waals surface area contributed by atoms with Crippen LogP contribution in [0.1, 0.15) is 20.7 Å². The molecule has 0 heterocycles. The minimum absolute atomic E-state index is 0.0625. The summed E-state index contributed by atoms with van der Waals surface area (Å²) in [7, 11) is 2.93. The van der Waals surface area contributed by atoms with Gasteiger partial charge >= 0.3 is 11.9 Å². The Balaban J connectivity index is 2.01. The number of rotatable bonds is 13. The van der Waals surface area contributed by atoms with Gasteiger partial charge in [0.2, 0.25) is 0 Å². The Morgan fingerprint density at radius 1 is 0.667 bits per heavy atom. The standard InChI is InChI=1S/C22H26O8/c1-25-15-29-19(13-27-21(23)17-9-5-3-6-10-17)20(30-16-26-2)14-28-22(24)18-11-7-4-8-12-18/h3-12,19-20H,13-16H2,1-2H3/t19-,20+.